The fourth-order valence-electron chi connectivity index (χ4n) is 5.55. The minimum absolute atomic E-state index is 0.0135. The smallest absolute Gasteiger partial charge is 0.239 e. The summed E-state index contributed by atoms with van der Waals surface area (Å²) in [5.41, 5.74) is 4.39. The summed E-state index contributed by atoms with van der Waals surface area (Å²) in [5.74, 6) is -1.74. The van der Waals surface area contributed by atoms with Gasteiger partial charge in [0.15, 0.2) is 0 Å². The van der Waals surface area contributed by atoms with E-state index >= 15 is 0 Å². The SMILES string of the molecule is O=C1[C@@H]2[C@H](C(=O)N1c1cccc(O)c1)C1(Br)c3ccccc3C2(Br)c2ccccc21. The van der Waals surface area contributed by atoms with Crippen molar-refractivity contribution in [2.45, 2.75) is 8.65 Å². The number of rotatable bonds is 1. The Morgan fingerprint density at radius 1 is 0.700 bits per heavy atom. The van der Waals surface area contributed by atoms with Crippen LogP contribution in [0, 0.1) is 11.8 Å². The number of imide groups is 1. The van der Waals surface area contributed by atoms with Crippen LogP contribution < -0.4 is 4.90 Å². The van der Waals surface area contributed by atoms with Crippen molar-refractivity contribution in [2.75, 3.05) is 4.90 Å². The van der Waals surface area contributed by atoms with Crippen LogP contribution in [0.2, 0.25) is 0 Å². The van der Waals surface area contributed by atoms with Gasteiger partial charge in [0.05, 0.1) is 26.2 Å². The fourth-order valence-corrected chi connectivity index (χ4v) is 7.86. The maximum atomic E-state index is 13.8. The third kappa shape index (κ3) is 1.92. The molecule has 1 fully saturated rings. The van der Waals surface area contributed by atoms with E-state index in [0.29, 0.717) is 5.69 Å². The van der Waals surface area contributed by atoms with Gasteiger partial charge in [0.2, 0.25) is 11.8 Å². The molecule has 0 aromatic heterocycles. The minimum atomic E-state index is -0.807. The lowest BCUT2D eigenvalue weighted by atomic mass is 9.54. The molecule has 1 saturated heterocycles. The molecule has 4 aliphatic rings. The van der Waals surface area contributed by atoms with E-state index in [-0.39, 0.29) is 17.6 Å². The van der Waals surface area contributed by atoms with Gasteiger partial charge in [0.25, 0.3) is 0 Å². The molecule has 2 amide bonds. The molecule has 7 rings (SSSR count). The van der Waals surface area contributed by atoms with Crippen molar-refractivity contribution >= 4 is 49.4 Å². The van der Waals surface area contributed by atoms with E-state index in [1.165, 1.54) is 17.0 Å². The van der Waals surface area contributed by atoms with Crippen molar-refractivity contribution in [3.8, 4) is 5.75 Å². The molecule has 0 spiro atoms. The molecule has 1 N–H and O–H groups in total. The number of aromatic hydroxyl groups is 1. The molecule has 0 radical (unpaired) electrons. The number of phenolic OH excluding ortho intramolecular Hbond substituents is 1. The zero-order valence-corrected chi connectivity index (χ0v) is 18.7. The Labute approximate surface area is 189 Å². The first-order valence-electron chi connectivity index (χ1n) is 9.64. The molecule has 3 aromatic rings. The van der Waals surface area contributed by atoms with Gasteiger partial charge in [0.1, 0.15) is 5.75 Å². The van der Waals surface area contributed by atoms with E-state index in [2.05, 4.69) is 31.9 Å². The van der Waals surface area contributed by atoms with Crippen LogP contribution in [0.5, 0.6) is 5.75 Å². The summed E-state index contributed by atoms with van der Waals surface area (Å²) < 4.78 is -1.61. The highest BCUT2D eigenvalue weighted by atomic mass is 79.9. The molecule has 0 unspecified atom stereocenters. The Kier molecular flexibility index (Phi) is 3.56. The number of anilines is 1. The van der Waals surface area contributed by atoms with Gasteiger partial charge in [-0.1, -0.05) is 86.5 Å². The van der Waals surface area contributed by atoms with Gasteiger partial charge in [-0.05, 0) is 34.4 Å². The molecule has 0 saturated carbocycles. The van der Waals surface area contributed by atoms with Crippen LogP contribution >= 0.6 is 31.9 Å². The summed E-state index contributed by atoms with van der Waals surface area (Å²) in [6.45, 7) is 0. The van der Waals surface area contributed by atoms with Crippen LogP contribution in [0.3, 0.4) is 0 Å². The fraction of sp³-hybridized carbons (Fsp3) is 0.167. The summed E-state index contributed by atoms with van der Waals surface area (Å²) in [5, 5.41) is 9.94. The molecule has 2 bridgehead atoms. The second-order valence-corrected chi connectivity index (χ2v) is 10.5. The molecule has 148 valence electrons. The van der Waals surface area contributed by atoms with Crippen LogP contribution in [0.1, 0.15) is 22.3 Å². The van der Waals surface area contributed by atoms with Gasteiger partial charge in [-0.15, -0.1) is 0 Å². The highest BCUT2D eigenvalue weighted by Crippen LogP contribution is 2.70. The molecule has 1 heterocycles. The zero-order valence-electron chi connectivity index (χ0n) is 15.5. The second-order valence-electron chi connectivity index (χ2n) is 8.00. The van der Waals surface area contributed by atoms with E-state index in [4.69, 9.17) is 0 Å². The van der Waals surface area contributed by atoms with Crippen molar-refractivity contribution < 1.29 is 14.7 Å². The molecule has 4 nitrogen and oxygen atoms in total. The van der Waals surface area contributed by atoms with Crippen molar-refractivity contribution in [1.29, 1.82) is 0 Å². The highest BCUT2D eigenvalue weighted by Gasteiger charge is 2.72. The molecule has 3 aromatic carbocycles. The van der Waals surface area contributed by atoms with Gasteiger partial charge < -0.3 is 5.11 Å². The molecule has 1 aliphatic heterocycles. The lowest BCUT2D eigenvalue weighted by molar-refractivity contribution is -0.122. The first-order chi connectivity index (χ1) is 14.4. The highest BCUT2D eigenvalue weighted by molar-refractivity contribution is 9.10. The molecule has 3 aliphatic carbocycles. The first kappa shape index (κ1) is 18.3. The number of carbonyl (C=O) groups excluding carboxylic acids is 2. The van der Waals surface area contributed by atoms with Gasteiger partial charge >= 0.3 is 0 Å². The van der Waals surface area contributed by atoms with E-state index < -0.39 is 20.5 Å². The molecular weight excluding hydrogens is 510 g/mol. The number of hydrogen-bond acceptors (Lipinski definition) is 3. The molecule has 6 heteroatoms. The monoisotopic (exact) mass is 523 g/mol. The lowest BCUT2D eigenvalue weighted by Crippen LogP contribution is -2.56. The number of nitrogens with zero attached hydrogens (tertiary/aromatic N) is 1. The van der Waals surface area contributed by atoms with Crippen molar-refractivity contribution in [3.05, 3.63) is 95.1 Å². The topological polar surface area (TPSA) is 57.6 Å². The van der Waals surface area contributed by atoms with Crippen molar-refractivity contribution in [3.63, 3.8) is 0 Å². The molecule has 30 heavy (non-hydrogen) atoms. The average molecular weight is 525 g/mol. The van der Waals surface area contributed by atoms with E-state index in [1.807, 2.05) is 48.5 Å². The third-order valence-electron chi connectivity index (χ3n) is 6.67. The van der Waals surface area contributed by atoms with Crippen LogP contribution in [0.25, 0.3) is 0 Å². The largest absolute Gasteiger partial charge is 0.508 e. The van der Waals surface area contributed by atoms with Gasteiger partial charge in [0, 0.05) is 6.07 Å². The van der Waals surface area contributed by atoms with E-state index in [9.17, 15) is 14.7 Å². The average Bonchev–Trinajstić information content (AvgIpc) is 3.03. The van der Waals surface area contributed by atoms with Gasteiger partial charge in [-0.2, -0.15) is 0 Å². The second kappa shape index (κ2) is 5.83. The maximum absolute atomic E-state index is 13.8. The quantitative estimate of drug-likeness (QED) is 0.367. The van der Waals surface area contributed by atoms with Gasteiger partial charge in [-0.3, -0.25) is 9.59 Å². The zero-order chi connectivity index (χ0) is 20.8. The van der Waals surface area contributed by atoms with E-state index in [0.717, 1.165) is 22.3 Å². The predicted molar refractivity (Wildman–Crippen MR) is 120 cm³/mol. The minimum Gasteiger partial charge on any atom is -0.508 e. The number of amides is 2. The summed E-state index contributed by atoms with van der Waals surface area (Å²) >= 11 is 7.95. The first-order valence-corrected chi connectivity index (χ1v) is 11.2. The summed E-state index contributed by atoms with van der Waals surface area (Å²) in [7, 11) is 0. The Balaban J connectivity index is 1.67. The van der Waals surface area contributed by atoms with Crippen molar-refractivity contribution in [1.82, 2.24) is 0 Å². The van der Waals surface area contributed by atoms with Crippen molar-refractivity contribution in [2.24, 2.45) is 11.8 Å². The summed E-state index contributed by atoms with van der Waals surface area (Å²) in [4.78, 5) is 28.8. The number of carbonyl (C=O) groups is 2. The Morgan fingerprint density at radius 3 is 1.53 bits per heavy atom. The number of phenols is 1. The molecular formula is C24H15Br2NO3. The Hall–Kier alpha value is -2.44. The van der Waals surface area contributed by atoms with Crippen LogP contribution in [0.4, 0.5) is 5.69 Å². The van der Waals surface area contributed by atoms with Gasteiger partial charge in [-0.25, -0.2) is 4.90 Å². The predicted octanol–water partition coefficient (Wildman–Crippen LogP) is 4.80. The Bertz CT molecular complexity index is 1150. The maximum Gasteiger partial charge on any atom is 0.239 e. The summed E-state index contributed by atoms with van der Waals surface area (Å²) in [6.07, 6.45) is 0. The lowest BCUT2D eigenvalue weighted by Gasteiger charge is -2.55. The van der Waals surface area contributed by atoms with Crippen LogP contribution in [-0.4, -0.2) is 16.9 Å². The van der Waals surface area contributed by atoms with Crippen LogP contribution in [0.15, 0.2) is 72.8 Å². The number of alkyl halides is 2. The molecule has 2 atom stereocenters. The van der Waals surface area contributed by atoms with E-state index in [1.54, 1.807) is 12.1 Å². The standard InChI is InChI=1S/C24H15Br2NO3/c25-23-15-8-1-2-9-16(15)24(26,18-11-4-3-10-17(18)23)20-19(23)21(29)27(22(20)30)13-6-5-7-14(28)12-13/h1-12,19-20,28H/t19-,20+,23?,24?. The number of hydrogen-bond donors (Lipinski definition) is 1. The van der Waals surface area contributed by atoms with Crippen LogP contribution in [-0.2, 0) is 18.2 Å². The number of halogens is 2. The number of benzene rings is 3. The summed E-state index contributed by atoms with van der Waals surface area (Å²) in [6, 6.07) is 22.3. The third-order valence-corrected chi connectivity index (χ3v) is 9.37. The normalized spacial score (nSPS) is 30.8. The Morgan fingerprint density at radius 2 is 1.13 bits per heavy atom.